The highest BCUT2D eigenvalue weighted by Crippen LogP contribution is 2.40. The molecule has 1 aliphatic rings. The predicted molar refractivity (Wildman–Crippen MR) is 80.8 cm³/mol. The van der Waals surface area contributed by atoms with Crippen LogP contribution in [0, 0.1) is 6.92 Å². The summed E-state index contributed by atoms with van der Waals surface area (Å²) in [5.41, 5.74) is 5.04. The van der Waals surface area contributed by atoms with Gasteiger partial charge in [-0.3, -0.25) is 0 Å². The first-order valence-corrected chi connectivity index (χ1v) is 6.80. The number of anilines is 1. The van der Waals surface area contributed by atoms with E-state index in [2.05, 4.69) is 36.5 Å². The molecule has 3 nitrogen and oxygen atoms in total. The van der Waals surface area contributed by atoms with E-state index in [-0.39, 0.29) is 6.04 Å². The van der Waals surface area contributed by atoms with Crippen molar-refractivity contribution < 1.29 is 9.47 Å². The van der Waals surface area contributed by atoms with E-state index < -0.39 is 0 Å². The van der Waals surface area contributed by atoms with Crippen LogP contribution in [0.5, 0.6) is 11.5 Å². The Bertz CT molecular complexity index is 637. The molecular formula is C17H19NO2. The Morgan fingerprint density at radius 2 is 1.95 bits per heavy atom. The minimum atomic E-state index is 0.233. The van der Waals surface area contributed by atoms with Gasteiger partial charge in [-0.05, 0) is 42.7 Å². The molecule has 2 aromatic carbocycles. The second kappa shape index (κ2) is 5.08. The van der Waals surface area contributed by atoms with Crippen LogP contribution in [0.1, 0.15) is 22.7 Å². The van der Waals surface area contributed by atoms with Crippen molar-refractivity contribution in [2.45, 2.75) is 19.4 Å². The van der Waals surface area contributed by atoms with E-state index in [1.807, 2.05) is 12.1 Å². The number of hydrogen-bond acceptors (Lipinski definition) is 3. The molecule has 3 rings (SSSR count). The molecule has 1 heterocycles. The van der Waals surface area contributed by atoms with Gasteiger partial charge in [0.1, 0.15) is 11.5 Å². The number of nitrogens with one attached hydrogen (secondary N) is 1. The van der Waals surface area contributed by atoms with Gasteiger partial charge < -0.3 is 14.8 Å². The van der Waals surface area contributed by atoms with Crippen molar-refractivity contribution in [3.05, 3.63) is 53.1 Å². The van der Waals surface area contributed by atoms with Crippen molar-refractivity contribution in [3.8, 4) is 11.5 Å². The maximum absolute atomic E-state index is 5.49. The number of para-hydroxylation sites is 1. The molecule has 1 unspecified atom stereocenters. The molecule has 0 saturated heterocycles. The van der Waals surface area contributed by atoms with Gasteiger partial charge in [0.2, 0.25) is 0 Å². The summed E-state index contributed by atoms with van der Waals surface area (Å²) in [4.78, 5) is 0. The standard InChI is InChI=1S/C17H19NO2/c1-11-5-4-6-12-9-15(18-17(11)12)14-10-13(19-2)7-8-16(14)20-3/h4-8,10,15,18H,9H2,1-3H3. The van der Waals surface area contributed by atoms with E-state index in [1.165, 1.54) is 16.8 Å². The van der Waals surface area contributed by atoms with Gasteiger partial charge in [0.05, 0.1) is 20.3 Å². The van der Waals surface area contributed by atoms with Crippen LogP contribution in [0.3, 0.4) is 0 Å². The zero-order valence-electron chi connectivity index (χ0n) is 12.1. The van der Waals surface area contributed by atoms with Crippen molar-refractivity contribution >= 4 is 5.69 Å². The molecule has 2 aromatic rings. The van der Waals surface area contributed by atoms with Crippen molar-refractivity contribution in [1.29, 1.82) is 0 Å². The first-order chi connectivity index (χ1) is 9.72. The number of rotatable bonds is 3. The fraction of sp³-hybridized carbons (Fsp3) is 0.294. The van der Waals surface area contributed by atoms with Crippen LogP contribution in [-0.4, -0.2) is 14.2 Å². The molecule has 0 aromatic heterocycles. The van der Waals surface area contributed by atoms with Crippen LogP contribution in [0.2, 0.25) is 0 Å². The largest absolute Gasteiger partial charge is 0.497 e. The van der Waals surface area contributed by atoms with Gasteiger partial charge in [-0.25, -0.2) is 0 Å². The van der Waals surface area contributed by atoms with E-state index in [9.17, 15) is 0 Å². The predicted octanol–water partition coefficient (Wildman–Crippen LogP) is 3.72. The molecule has 0 saturated carbocycles. The summed E-state index contributed by atoms with van der Waals surface area (Å²) in [5, 5.41) is 3.61. The summed E-state index contributed by atoms with van der Waals surface area (Å²) in [5.74, 6) is 1.75. The second-order valence-electron chi connectivity index (χ2n) is 5.12. The van der Waals surface area contributed by atoms with Gasteiger partial charge in [-0.1, -0.05) is 18.2 Å². The van der Waals surface area contributed by atoms with Crippen molar-refractivity contribution in [2.75, 3.05) is 19.5 Å². The Hall–Kier alpha value is -2.16. The van der Waals surface area contributed by atoms with Gasteiger partial charge in [-0.2, -0.15) is 0 Å². The summed E-state index contributed by atoms with van der Waals surface area (Å²) in [6.07, 6.45) is 0.973. The Labute approximate surface area is 119 Å². The number of hydrogen-bond donors (Lipinski definition) is 1. The summed E-state index contributed by atoms with van der Waals surface area (Å²) in [6, 6.07) is 12.6. The number of ether oxygens (including phenoxy) is 2. The quantitative estimate of drug-likeness (QED) is 0.921. The maximum Gasteiger partial charge on any atom is 0.124 e. The third-order valence-corrected chi connectivity index (χ3v) is 3.91. The van der Waals surface area contributed by atoms with Crippen LogP contribution >= 0.6 is 0 Å². The lowest BCUT2D eigenvalue weighted by molar-refractivity contribution is 0.396. The van der Waals surface area contributed by atoms with Gasteiger partial charge in [0.15, 0.2) is 0 Å². The molecule has 3 heteroatoms. The third-order valence-electron chi connectivity index (χ3n) is 3.91. The number of aryl methyl sites for hydroxylation is 1. The molecule has 104 valence electrons. The molecule has 1 N–H and O–H groups in total. The summed E-state index contributed by atoms with van der Waals surface area (Å²) in [7, 11) is 3.39. The topological polar surface area (TPSA) is 30.5 Å². The Morgan fingerprint density at radius 1 is 1.10 bits per heavy atom. The monoisotopic (exact) mass is 269 g/mol. The fourth-order valence-electron chi connectivity index (χ4n) is 2.85. The molecule has 1 aliphatic heterocycles. The van der Waals surface area contributed by atoms with Crippen molar-refractivity contribution in [3.63, 3.8) is 0 Å². The molecular weight excluding hydrogens is 250 g/mol. The molecule has 20 heavy (non-hydrogen) atoms. The van der Waals surface area contributed by atoms with E-state index in [4.69, 9.17) is 9.47 Å². The zero-order valence-corrected chi connectivity index (χ0v) is 12.1. The second-order valence-corrected chi connectivity index (χ2v) is 5.12. The lowest BCUT2D eigenvalue weighted by atomic mass is 10.0. The first-order valence-electron chi connectivity index (χ1n) is 6.80. The van der Waals surface area contributed by atoms with E-state index in [0.29, 0.717) is 0 Å². The summed E-state index contributed by atoms with van der Waals surface area (Å²) >= 11 is 0. The highest BCUT2D eigenvalue weighted by atomic mass is 16.5. The number of fused-ring (bicyclic) bond motifs is 1. The molecule has 0 spiro atoms. The lowest BCUT2D eigenvalue weighted by Gasteiger charge is -2.17. The third kappa shape index (κ3) is 2.09. The molecule has 0 bridgehead atoms. The van der Waals surface area contributed by atoms with Gasteiger partial charge >= 0.3 is 0 Å². The van der Waals surface area contributed by atoms with Gasteiger partial charge in [-0.15, -0.1) is 0 Å². The van der Waals surface area contributed by atoms with Crippen LogP contribution in [0.15, 0.2) is 36.4 Å². The van der Waals surface area contributed by atoms with Crippen molar-refractivity contribution in [2.24, 2.45) is 0 Å². The Kier molecular flexibility index (Phi) is 3.26. The van der Waals surface area contributed by atoms with Gasteiger partial charge in [0.25, 0.3) is 0 Å². The molecule has 1 atom stereocenters. The van der Waals surface area contributed by atoms with E-state index in [0.717, 1.165) is 23.5 Å². The average Bonchev–Trinajstić information content (AvgIpc) is 2.92. The normalized spacial score (nSPS) is 16.4. The smallest absolute Gasteiger partial charge is 0.124 e. The molecule has 0 radical (unpaired) electrons. The van der Waals surface area contributed by atoms with Gasteiger partial charge in [0, 0.05) is 11.3 Å². The Morgan fingerprint density at radius 3 is 2.65 bits per heavy atom. The number of methoxy groups -OCH3 is 2. The zero-order chi connectivity index (χ0) is 14.1. The van der Waals surface area contributed by atoms with Crippen molar-refractivity contribution in [1.82, 2.24) is 0 Å². The lowest BCUT2D eigenvalue weighted by Crippen LogP contribution is -2.08. The minimum Gasteiger partial charge on any atom is -0.497 e. The minimum absolute atomic E-state index is 0.233. The molecule has 0 fully saturated rings. The van der Waals surface area contributed by atoms with Crippen LogP contribution in [0.4, 0.5) is 5.69 Å². The van der Waals surface area contributed by atoms with Crippen LogP contribution < -0.4 is 14.8 Å². The summed E-state index contributed by atoms with van der Waals surface area (Å²) < 4.78 is 10.8. The highest BCUT2D eigenvalue weighted by Gasteiger charge is 2.25. The Balaban J connectivity index is 1.98. The van der Waals surface area contributed by atoms with E-state index >= 15 is 0 Å². The highest BCUT2D eigenvalue weighted by molar-refractivity contribution is 5.64. The first kappa shape index (κ1) is 12.9. The van der Waals surface area contributed by atoms with Crippen LogP contribution in [-0.2, 0) is 6.42 Å². The van der Waals surface area contributed by atoms with E-state index in [1.54, 1.807) is 14.2 Å². The maximum atomic E-state index is 5.49. The fourth-order valence-corrected chi connectivity index (χ4v) is 2.85. The molecule has 0 aliphatic carbocycles. The summed E-state index contributed by atoms with van der Waals surface area (Å²) in [6.45, 7) is 2.14. The average molecular weight is 269 g/mol. The van der Waals surface area contributed by atoms with Crippen LogP contribution in [0.25, 0.3) is 0 Å². The number of benzene rings is 2. The SMILES string of the molecule is COc1ccc(OC)c(C2Cc3cccc(C)c3N2)c1. The molecule has 0 amide bonds.